The highest BCUT2D eigenvalue weighted by Crippen LogP contribution is 2.47. The molecule has 0 saturated carbocycles. The van der Waals surface area contributed by atoms with Crippen molar-refractivity contribution in [2.24, 2.45) is 0 Å². The Morgan fingerprint density at radius 3 is 1.64 bits per heavy atom. The highest BCUT2D eigenvalue weighted by molar-refractivity contribution is 7.23. The van der Waals surface area contributed by atoms with E-state index in [1.54, 1.807) is 45.3 Å². The molecule has 2 atom stereocenters. The Bertz CT molecular complexity index is 2430. The molecule has 2 aliphatic heterocycles. The first-order valence-electron chi connectivity index (χ1n) is 22.8. The number of thiazole rings is 2. The molecule has 344 valence electrons. The fourth-order valence-corrected chi connectivity index (χ4v) is 12.5. The van der Waals surface area contributed by atoms with Crippen LogP contribution in [0.4, 0.5) is 10.0 Å². The quantitative estimate of drug-likeness (QED) is 0.0928. The standard InChI is InChI=1S/C25H34N4OS2.C20H21N3OS2.C5H13N/c1-6-17(4)28(5)13-12-22(30)27-25-23(24-26-19-9-7-8-10-20(19)31-24)18-11-14-29(16(2)3)15-21(18)32-25;1-4-17(24)22-20-18(19-21-14-7-5-6-8-15(14)25-19)13-9-10-23(12(2)3)11-16(13)26-20;1-4-5(2)6-3/h7-10,16-17H,6,11-15H2,1-5H3,(H,27,30);4-8,12H,1,9-11H2,2-3H3,(H,22,24);5-6H,4H2,1-3H3. The predicted molar refractivity (Wildman–Crippen MR) is 278 cm³/mol. The average Bonchev–Trinajstić information content (AvgIpc) is 4.09. The summed E-state index contributed by atoms with van der Waals surface area (Å²) in [5.74, 6) is -0.0894. The lowest BCUT2D eigenvalue weighted by Crippen LogP contribution is -2.35. The monoisotopic (exact) mass is 940 g/mol. The Hall–Kier alpha value is -3.86. The zero-order valence-corrected chi connectivity index (χ0v) is 42.7. The number of amides is 2. The molecule has 0 bridgehead atoms. The van der Waals surface area contributed by atoms with Gasteiger partial charge in [0.25, 0.3) is 0 Å². The molecule has 2 unspecified atom stereocenters. The number of hydrogen-bond donors (Lipinski definition) is 3. The molecule has 0 aliphatic carbocycles. The number of para-hydroxylation sites is 2. The molecule has 0 spiro atoms. The summed E-state index contributed by atoms with van der Waals surface area (Å²) in [6.45, 7) is 26.0. The van der Waals surface area contributed by atoms with E-state index in [0.29, 0.717) is 30.6 Å². The molecule has 3 N–H and O–H groups in total. The van der Waals surface area contributed by atoms with Crippen molar-refractivity contribution in [3.8, 4) is 21.1 Å². The molecule has 14 heteroatoms. The summed E-state index contributed by atoms with van der Waals surface area (Å²) in [6, 6.07) is 18.7. The molecule has 2 aliphatic rings. The first kappa shape index (κ1) is 49.6. The minimum absolute atomic E-state index is 0.0850. The van der Waals surface area contributed by atoms with E-state index in [0.717, 1.165) is 94.2 Å². The van der Waals surface area contributed by atoms with Gasteiger partial charge < -0.3 is 20.9 Å². The van der Waals surface area contributed by atoms with Crippen LogP contribution in [0.5, 0.6) is 0 Å². The van der Waals surface area contributed by atoms with Gasteiger partial charge in [0, 0.05) is 84.2 Å². The van der Waals surface area contributed by atoms with Gasteiger partial charge >= 0.3 is 0 Å². The number of carbonyl (C=O) groups is 2. The van der Waals surface area contributed by atoms with Crippen LogP contribution in [0.2, 0.25) is 0 Å². The van der Waals surface area contributed by atoms with Crippen molar-refractivity contribution in [2.45, 2.75) is 125 Å². The smallest absolute Gasteiger partial charge is 0.248 e. The SMILES string of the molecule is C=CC(=O)Nc1sc2c(c1-c1nc3ccccc3s1)CCN(C(C)C)C2.CCC(C)N(C)CCC(=O)Nc1sc2c(c1-c1nc3ccccc3s1)CCN(C(C)C)C2.CCC(C)NC. The third-order valence-corrected chi connectivity index (χ3v) is 16.8. The molecule has 10 nitrogen and oxygen atoms in total. The van der Waals surface area contributed by atoms with E-state index in [1.807, 2.05) is 31.3 Å². The summed E-state index contributed by atoms with van der Waals surface area (Å²) in [5.41, 5.74) is 7.00. The highest BCUT2D eigenvalue weighted by Gasteiger charge is 2.30. The Labute approximate surface area is 397 Å². The minimum Gasteiger partial charge on any atom is -0.317 e. The van der Waals surface area contributed by atoms with Crippen LogP contribution in [0.25, 0.3) is 41.6 Å². The second-order valence-corrected chi connectivity index (χ2v) is 21.6. The Kier molecular flexibility index (Phi) is 17.8. The van der Waals surface area contributed by atoms with E-state index < -0.39 is 0 Å². The lowest BCUT2D eigenvalue weighted by molar-refractivity contribution is -0.116. The summed E-state index contributed by atoms with van der Waals surface area (Å²) in [7, 11) is 4.08. The molecular weight excluding hydrogens is 873 g/mol. The molecule has 6 aromatic rings. The number of carbonyl (C=O) groups excluding carboxylic acids is 2. The molecule has 0 saturated heterocycles. The molecule has 0 radical (unpaired) electrons. The number of thiophene rings is 2. The van der Waals surface area contributed by atoms with Crippen LogP contribution in [-0.2, 0) is 35.5 Å². The number of nitrogens with one attached hydrogen (secondary N) is 3. The highest BCUT2D eigenvalue weighted by atomic mass is 32.1. The number of benzene rings is 2. The van der Waals surface area contributed by atoms with E-state index in [2.05, 4.69) is 124 Å². The Balaban J connectivity index is 0.000000192. The van der Waals surface area contributed by atoms with Crippen molar-refractivity contribution in [3.05, 3.63) is 82.1 Å². The van der Waals surface area contributed by atoms with E-state index in [4.69, 9.17) is 9.97 Å². The van der Waals surface area contributed by atoms with Crippen LogP contribution in [0.15, 0.2) is 61.2 Å². The van der Waals surface area contributed by atoms with Crippen molar-refractivity contribution < 1.29 is 9.59 Å². The number of rotatable bonds is 14. The van der Waals surface area contributed by atoms with E-state index >= 15 is 0 Å². The largest absolute Gasteiger partial charge is 0.317 e. The third kappa shape index (κ3) is 12.1. The molecule has 0 fully saturated rings. The van der Waals surface area contributed by atoms with Crippen LogP contribution in [0.1, 0.15) is 95.5 Å². The maximum atomic E-state index is 12.9. The predicted octanol–water partition coefficient (Wildman–Crippen LogP) is 11.8. The molecule has 6 heterocycles. The molecular formula is C50H68N8O2S4. The lowest BCUT2D eigenvalue weighted by Gasteiger charge is -2.30. The summed E-state index contributed by atoms with van der Waals surface area (Å²) in [6.07, 6.45) is 6.11. The third-order valence-electron chi connectivity index (χ3n) is 12.5. The topological polar surface area (TPSA) is 106 Å². The first-order chi connectivity index (χ1) is 30.7. The maximum absolute atomic E-state index is 12.9. The fourth-order valence-electron chi connectivity index (χ4n) is 7.68. The second kappa shape index (κ2) is 23.0. The van der Waals surface area contributed by atoms with Crippen molar-refractivity contribution in [3.63, 3.8) is 0 Å². The van der Waals surface area contributed by atoms with Crippen molar-refractivity contribution in [1.82, 2.24) is 30.0 Å². The van der Waals surface area contributed by atoms with Gasteiger partial charge in [-0.1, -0.05) is 44.7 Å². The number of hydrogen-bond acceptors (Lipinski definition) is 12. The van der Waals surface area contributed by atoms with Crippen LogP contribution in [0, 0.1) is 0 Å². The summed E-state index contributed by atoms with van der Waals surface area (Å²) in [5, 5.41) is 13.3. The van der Waals surface area contributed by atoms with Gasteiger partial charge in [-0.3, -0.25) is 19.4 Å². The number of fused-ring (bicyclic) bond motifs is 4. The van der Waals surface area contributed by atoms with Gasteiger partial charge in [0.15, 0.2) is 0 Å². The van der Waals surface area contributed by atoms with Gasteiger partial charge in [0.1, 0.15) is 20.0 Å². The molecule has 2 amide bonds. The average molecular weight is 941 g/mol. The van der Waals surface area contributed by atoms with Gasteiger partial charge in [-0.15, -0.1) is 45.3 Å². The number of aromatic nitrogens is 2. The van der Waals surface area contributed by atoms with Crippen molar-refractivity contribution in [1.29, 1.82) is 0 Å². The zero-order valence-electron chi connectivity index (χ0n) is 39.5. The van der Waals surface area contributed by atoms with E-state index in [-0.39, 0.29) is 11.8 Å². The van der Waals surface area contributed by atoms with Crippen LogP contribution < -0.4 is 16.0 Å². The van der Waals surface area contributed by atoms with Gasteiger partial charge in [0.05, 0.1) is 20.4 Å². The number of anilines is 2. The zero-order chi connectivity index (χ0) is 46.1. The maximum Gasteiger partial charge on any atom is 0.248 e. The summed E-state index contributed by atoms with van der Waals surface area (Å²) in [4.78, 5) is 44.6. The molecule has 8 rings (SSSR count). The Morgan fingerprint density at radius 2 is 1.23 bits per heavy atom. The van der Waals surface area contributed by atoms with Crippen molar-refractivity contribution >= 4 is 87.6 Å². The van der Waals surface area contributed by atoms with Gasteiger partial charge in [-0.2, -0.15) is 0 Å². The van der Waals surface area contributed by atoms with Crippen LogP contribution in [-0.4, -0.2) is 94.4 Å². The first-order valence-corrected chi connectivity index (χ1v) is 26.1. The molecule has 2 aromatic carbocycles. The van der Waals surface area contributed by atoms with Gasteiger partial charge in [0.2, 0.25) is 11.8 Å². The summed E-state index contributed by atoms with van der Waals surface area (Å²) >= 11 is 6.83. The fraction of sp³-hybridized carbons (Fsp3) is 0.480. The van der Waals surface area contributed by atoms with Crippen molar-refractivity contribution in [2.75, 3.05) is 44.4 Å². The normalized spacial score (nSPS) is 15.0. The van der Waals surface area contributed by atoms with Gasteiger partial charge in [-0.05, 0) is 123 Å². The Morgan fingerprint density at radius 1 is 0.750 bits per heavy atom. The molecule has 4 aromatic heterocycles. The van der Waals surface area contributed by atoms with Crippen LogP contribution in [0.3, 0.4) is 0 Å². The van der Waals surface area contributed by atoms with Gasteiger partial charge in [-0.25, -0.2) is 9.97 Å². The second-order valence-electron chi connectivity index (χ2n) is 17.3. The van der Waals surface area contributed by atoms with E-state index in [1.165, 1.54) is 42.8 Å². The molecule has 64 heavy (non-hydrogen) atoms. The van der Waals surface area contributed by atoms with Crippen LogP contribution >= 0.6 is 45.3 Å². The minimum atomic E-state index is -0.174. The number of nitrogens with zero attached hydrogens (tertiary/aromatic N) is 5. The van der Waals surface area contributed by atoms with E-state index in [9.17, 15) is 9.59 Å². The summed E-state index contributed by atoms with van der Waals surface area (Å²) < 4.78 is 2.36. The lowest BCUT2D eigenvalue weighted by atomic mass is 10.0.